The maximum absolute atomic E-state index is 7.32. The number of hydrogen-bond acceptors (Lipinski definition) is 2. The van der Waals surface area contributed by atoms with Crippen LogP contribution in [0.5, 0.6) is 0 Å². The van der Waals surface area contributed by atoms with Crippen LogP contribution in [0.15, 0.2) is 0 Å². The van der Waals surface area contributed by atoms with Crippen molar-refractivity contribution >= 4 is 5.84 Å². The quantitative estimate of drug-likeness (QED) is 0.456. The third-order valence-corrected chi connectivity index (χ3v) is 3.43. The molecule has 0 amide bonds. The zero-order chi connectivity index (χ0) is 13.3. The van der Waals surface area contributed by atoms with Crippen molar-refractivity contribution < 1.29 is 0 Å². The van der Waals surface area contributed by atoms with Crippen LogP contribution in [0.4, 0.5) is 0 Å². The molecule has 0 aromatic carbocycles. The number of nitrogens with zero attached hydrogens (tertiary/aromatic N) is 1. The van der Waals surface area contributed by atoms with Crippen molar-refractivity contribution in [1.82, 2.24) is 4.90 Å². The number of nitrogens with two attached hydrogens (primary N) is 1. The van der Waals surface area contributed by atoms with Gasteiger partial charge in [0.25, 0.3) is 0 Å². The molecule has 0 aromatic heterocycles. The van der Waals surface area contributed by atoms with Gasteiger partial charge in [-0.2, -0.15) is 0 Å². The summed E-state index contributed by atoms with van der Waals surface area (Å²) in [5.74, 6) is 1.10. The summed E-state index contributed by atoms with van der Waals surface area (Å²) in [4.78, 5) is 2.46. The smallest absolute Gasteiger partial charge is 0.0918 e. The average molecular weight is 241 g/mol. The van der Waals surface area contributed by atoms with Gasteiger partial charge in [-0.1, -0.05) is 33.1 Å². The molecule has 0 aliphatic heterocycles. The molecule has 0 saturated carbocycles. The fourth-order valence-corrected chi connectivity index (χ4v) is 2.07. The Labute approximate surface area is 107 Å². The Morgan fingerprint density at radius 2 is 1.94 bits per heavy atom. The van der Waals surface area contributed by atoms with Gasteiger partial charge in [0.05, 0.1) is 5.84 Å². The van der Waals surface area contributed by atoms with Crippen molar-refractivity contribution in [3.05, 3.63) is 0 Å². The SMILES string of the molecule is CCCCC(CC)CN(CCC(=N)N)C(C)C. The summed E-state index contributed by atoms with van der Waals surface area (Å²) in [5.41, 5.74) is 5.44. The van der Waals surface area contributed by atoms with Crippen molar-refractivity contribution in [3.63, 3.8) is 0 Å². The summed E-state index contributed by atoms with van der Waals surface area (Å²) < 4.78 is 0. The Hall–Kier alpha value is -0.570. The van der Waals surface area contributed by atoms with Crippen LogP contribution < -0.4 is 5.73 Å². The molecule has 0 bridgehead atoms. The lowest BCUT2D eigenvalue weighted by molar-refractivity contribution is 0.183. The van der Waals surface area contributed by atoms with Gasteiger partial charge in [-0.15, -0.1) is 0 Å². The summed E-state index contributed by atoms with van der Waals surface area (Å²) in [5, 5.41) is 7.32. The Morgan fingerprint density at radius 3 is 2.35 bits per heavy atom. The third-order valence-electron chi connectivity index (χ3n) is 3.43. The first-order valence-corrected chi connectivity index (χ1v) is 7.08. The topological polar surface area (TPSA) is 53.1 Å². The summed E-state index contributed by atoms with van der Waals surface area (Å²) in [6.07, 6.45) is 5.89. The first-order chi connectivity index (χ1) is 8.01. The lowest BCUT2D eigenvalue weighted by Crippen LogP contribution is -2.37. The zero-order valence-electron chi connectivity index (χ0n) is 12.1. The van der Waals surface area contributed by atoms with Gasteiger partial charge in [0.15, 0.2) is 0 Å². The van der Waals surface area contributed by atoms with Crippen molar-refractivity contribution in [3.8, 4) is 0 Å². The minimum absolute atomic E-state index is 0.303. The van der Waals surface area contributed by atoms with E-state index in [1.165, 1.54) is 25.7 Å². The van der Waals surface area contributed by atoms with E-state index in [2.05, 4.69) is 32.6 Å². The fraction of sp³-hybridized carbons (Fsp3) is 0.929. The first kappa shape index (κ1) is 16.4. The van der Waals surface area contributed by atoms with E-state index in [0.29, 0.717) is 18.3 Å². The van der Waals surface area contributed by atoms with Crippen LogP contribution >= 0.6 is 0 Å². The van der Waals surface area contributed by atoms with E-state index in [4.69, 9.17) is 11.1 Å². The van der Waals surface area contributed by atoms with E-state index in [-0.39, 0.29) is 0 Å². The minimum Gasteiger partial charge on any atom is -0.388 e. The molecule has 0 spiro atoms. The van der Waals surface area contributed by atoms with E-state index in [1.807, 2.05) is 0 Å². The Bertz CT molecular complexity index is 202. The molecule has 0 rings (SSSR count). The van der Waals surface area contributed by atoms with Crippen LogP contribution in [-0.4, -0.2) is 29.9 Å². The lowest BCUT2D eigenvalue weighted by atomic mass is 9.98. The average Bonchev–Trinajstić information content (AvgIpc) is 2.27. The van der Waals surface area contributed by atoms with Gasteiger partial charge >= 0.3 is 0 Å². The normalized spacial score (nSPS) is 13.3. The molecule has 0 saturated heterocycles. The van der Waals surface area contributed by atoms with E-state index >= 15 is 0 Å². The molecule has 1 atom stereocenters. The number of nitrogens with one attached hydrogen (secondary N) is 1. The summed E-state index contributed by atoms with van der Waals surface area (Å²) in [7, 11) is 0. The van der Waals surface area contributed by atoms with Crippen LogP contribution in [0.1, 0.15) is 59.8 Å². The predicted octanol–water partition coefficient (Wildman–Crippen LogP) is 3.24. The Kier molecular flexibility index (Phi) is 9.14. The maximum atomic E-state index is 7.32. The monoisotopic (exact) mass is 241 g/mol. The van der Waals surface area contributed by atoms with Crippen molar-refractivity contribution in [1.29, 1.82) is 5.41 Å². The maximum Gasteiger partial charge on any atom is 0.0918 e. The van der Waals surface area contributed by atoms with E-state index in [1.54, 1.807) is 0 Å². The van der Waals surface area contributed by atoms with Crippen LogP contribution in [0, 0.1) is 11.3 Å². The number of amidine groups is 1. The van der Waals surface area contributed by atoms with Crippen LogP contribution in [-0.2, 0) is 0 Å². The summed E-state index contributed by atoms with van der Waals surface area (Å²) in [6, 6.07) is 0.546. The lowest BCUT2D eigenvalue weighted by Gasteiger charge is -2.30. The Balaban J connectivity index is 4.14. The highest BCUT2D eigenvalue weighted by molar-refractivity contribution is 5.76. The van der Waals surface area contributed by atoms with Gasteiger partial charge in [-0.25, -0.2) is 0 Å². The third kappa shape index (κ3) is 8.19. The molecule has 0 aliphatic rings. The van der Waals surface area contributed by atoms with Gasteiger partial charge in [0.1, 0.15) is 0 Å². The molecular formula is C14H31N3. The van der Waals surface area contributed by atoms with E-state index < -0.39 is 0 Å². The molecular weight excluding hydrogens is 210 g/mol. The largest absolute Gasteiger partial charge is 0.388 e. The highest BCUT2D eigenvalue weighted by Crippen LogP contribution is 2.16. The van der Waals surface area contributed by atoms with Gasteiger partial charge in [-0.05, 0) is 26.2 Å². The molecule has 102 valence electrons. The zero-order valence-corrected chi connectivity index (χ0v) is 12.1. The molecule has 17 heavy (non-hydrogen) atoms. The molecule has 0 fully saturated rings. The molecule has 0 radical (unpaired) electrons. The van der Waals surface area contributed by atoms with Crippen molar-refractivity contribution in [2.24, 2.45) is 11.7 Å². The number of rotatable bonds is 10. The van der Waals surface area contributed by atoms with Crippen LogP contribution in [0.2, 0.25) is 0 Å². The second-order valence-corrected chi connectivity index (χ2v) is 5.28. The standard InChI is InChI=1S/C14H31N3/c1-5-7-8-13(6-2)11-17(12(3)4)10-9-14(15)16/h12-13H,5-11H2,1-4H3,(H3,15,16). The molecule has 3 N–H and O–H groups in total. The van der Waals surface area contributed by atoms with Crippen molar-refractivity contribution in [2.45, 2.75) is 65.8 Å². The number of unbranched alkanes of at least 4 members (excludes halogenated alkanes) is 1. The predicted molar refractivity (Wildman–Crippen MR) is 76.5 cm³/mol. The minimum atomic E-state index is 0.303. The molecule has 3 nitrogen and oxygen atoms in total. The molecule has 0 aliphatic carbocycles. The first-order valence-electron chi connectivity index (χ1n) is 7.08. The molecule has 0 aromatic rings. The molecule has 1 unspecified atom stereocenters. The molecule has 3 heteroatoms. The molecule has 0 heterocycles. The van der Waals surface area contributed by atoms with Gasteiger partial charge in [-0.3, -0.25) is 5.41 Å². The second-order valence-electron chi connectivity index (χ2n) is 5.28. The van der Waals surface area contributed by atoms with Crippen molar-refractivity contribution in [2.75, 3.05) is 13.1 Å². The second kappa shape index (κ2) is 9.46. The van der Waals surface area contributed by atoms with Gasteiger partial charge in [0, 0.05) is 25.6 Å². The Morgan fingerprint density at radius 1 is 1.29 bits per heavy atom. The van der Waals surface area contributed by atoms with E-state index in [0.717, 1.165) is 19.0 Å². The summed E-state index contributed by atoms with van der Waals surface area (Å²) in [6.45, 7) is 11.1. The van der Waals surface area contributed by atoms with E-state index in [9.17, 15) is 0 Å². The fourth-order valence-electron chi connectivity index (χ4n) is 2.07. The van der Waals surface area contributed by atoms with Gasteiger partial charge in [0.2, 0.25) is 0 Å². The highest BCUT2D eigenvalue weighted by Gasteiger charge is 2.15. The van der Waals surface area contributed by atoms with Gasteiger partial charge < -0.3 is 10.6 Å². The highest BCUT2D eigenvalue weighted by atomic mass is 15.1. The van der Waals surface area contributed by atoms with Crippen LogP contribution in [0.3, 0.4) is 0 Å². The van der Waals surface area contributed by atoms with Crippen LogP contribution in [0.25, 0.3) is 0 Å². The number of hydrogen-bond donors (Lipinski definition) is 2. The summed E-state index contributed by atoms with van der Waals surface area (Å²) >= 11 is 0.